The van der Waals surface area contributed by atoms with Gasteiger partial charge in [0.2, 0.25) is 5.91 Å². The van der Waals surface area contributed by atoms with Crippen molar-refractivity contribution in [1.82, 2.24) is 9.80 Å². The first-order chi connectivity index (χ1) is 13.6. The molecule has 0 aliphatic carbocycles. The summed E-state index contributed by atoms with van der Waals surface area (Å²) in [4.78, 5) is 29.1. The Labute approximate surface area is 165 Å². The maximum atomic E-state index is 12.7. The second-order valence-corrected chi connectivity index (χ2v) is 7.38. The largest absolute Gasteiger partial charge is 0.478 e. The van der Waals surface area contributed by atoms with Crippen LogP contribution in [0.2, 0.25) is 0 Å². The van der Waals surface area contributed by atoms with Gasteiger partial charge in [-0.1, -0.05) is 36.4 Å². The van der Waals surface area contributed by atoms with Gasteiger partial charge in [-0.15, -0.1) is 0 Å². The monoisotopic (exact) mass is 379 g/mol. The SMILES string of the molecule is Cc1ccccc1CN1CCN(C(=O)C[C@@H]2Oc3ccccc3NC2=O)CC1. The summed E-state index contributed by atoms with van der Waals surface area (Å²) in [5.74, 6) is 0.322. The molecule has 6 heteroatoms. The Morgan fingerprint density at radius 3 is 2.57 bits per heavy atom. The van der Waals surface area contributed by atoms with Crippen LogP contribution in [0.1, 0.15) is 17.5 Å². The number of benzene rings is 2. The molecule has 0 spiro atoms. The Kier molecular flexibility index (Phi) is 5.30. The summed E-state index contributed by atoms with van der Waals surface area (Å²) in [6, 6.07) is 15.7. The number of aryl methyl sites for hydroxylation is 1. The fourth-order valence-corrected chi connectivity index (χ4v) is 3.70. The number of hydrogen-bond acceptors (Lipinski definition) is 4. The molecule has 0 bridgehead atoms. The molecule has 0 aromatic heterocycles. The second kappa shape index (κ2) is 8.02. The van der Waals surface area contributed by atoms with Crippen molar-refractivity contribution in [3.63, 3.8) is 0 Å². The van der Waals surface area contributed by atoms with Crippen molar-refractivity contribution in [2.75, 3.05) is 31.5 Å². The van der Waals surface area contributed by atoms with Crippen molar-refractivity contribution in [3.8, 4) is 5.75 Å². The van der Waals surface area contributed by atoms with E-state index in [1.807, 2.05) is 17.0 Å². The van der Waals surface area contributed by atoms with E-state index in [0.29, 0.717) is 24.5 Å². The molecule has 0 radical (unpaired) electrons. The number of para-hydroxylation sites is 2. The van der Waals surface area contributed by atoms with Gasteiger partial charge in [0.05, 0.1) is 12.1 Å². The first-order valence-electron chi connectivity index (χ1n) is 9.71. The van der Waals surface area contributed by atoms with Gasteiger partial charge < -0.3 is 15.0 Å². The lowest BCUT2D eigenvalue weighted by atomic mass is 10.1. The number of hydrogen-bond donors (Lipinski definition) is 1. The van der Waals surface area contributed by atoms with Gasteiger partial charge in [-0.3, -0.25) is 14.5 Å². The molecule has 2 amide bonds. The van der Waals surface area contributed by atoms with Gasteiger partial charge in [0.15, 0.2) is 6.10 Å². The fraction of sp³-hybridized carbons (Fsp3) is 0.364. The van der Waals surface area contributed by atoms with Crippen molar-refractivity contribution in [2.45, 2.75) is 26.0 Å². The molecule has 6 nitrogen and oxygen atoms in total. The van der Waals surface area contributed by atoms with Crippen molar-refractivity contribution >= 4 is 17.5 Å². The standard InChI is InChI=1S/C22H25N3O3/c1-16-6-2-3-7-17(16)15-24-10-12-25(13-11-24)21(26)14-20-22(27)23-18-8-4-5-9-19(18)28-20/h2-9,20H,10-15H2,1H3,(H,23,27)/t20-/m0/s1. The third-order valence-electron chi connectivity index (χ3n) is 5.45. The van der Waals surface area contributed by atoms with E-state index in [9.17, 15) is 9.59 Å². The van der Waals surface area contributed by atoms with Crippen LogP contribution in [-0.2, 0) is 16.1 Å². The molecule has 1 saturated heterocycles. The number of ether oxygens (including phenoxy) is 1. The smallest absolute Gasteiger partial charge is 0.266 e. The Morgan fingerprint density at radius 1 is 1.07 bits per heavy atom. The molecule has 2 heterocycles. The predicted molar refractivity (Wildman–Crippen MR) is 107 cm³/mol. The van der Waals surface area contributed by atoms with E-state index in [1.54, 1.807) is 12.1 Å². The van der Waals surface area contributed by atoms with E-state index in [1.165, 1.54) is 11.1 Å². The van der Waals surface area contributed by atoms with Gasteiger partial charge in [0.1, 0.15) is 5.75 Å². The van der Waals surface area contributed by atoms with Gasteiger partial charge in [0.25, 0.3) is 5.91 Å². The maximum Gasteiger partial charge on any atom is 0.266 e. The highest BCUT2D eigenvalue weighted by Gasteiger charge is 2.32. The van der Waals surface area contributed by atoms with E-state index in [-0.39, 0.29) is 18.2 Å². The number of piperazine rings is 1. The zero-order chi connectivity index (χ0) is 19.5. The summed E-state index contributed by atoms with van der Waals surface area (Å²) >= 11 is 0. The zero-order valence-corrected chi connectivity index (χ0v) is 16.1. The lowest BCUT2D eigenvalue weighted by Gasteiger charge is -2.36. The van der Waals surface area contributed by atoms with Crippen LogP contribution in [0.3, 0.4) is 0 Å². The van der Waals surface area contributed by atoms with Crippen molar-refractivity contribution in [3.05, 3.63) is 59.7 Å². The molecule has 28 heavy (non-hydrogen) atoms. The van der Waals surface area contributed by atoms with E-state index in [0.717, 1.165) is 19.6 Å². The Balaban J connectivity index is 1.30. The lowest BCUT2D eigenvalue weighted by Crippen LogP contribution is -2.50. The second-order valence-electron chi connectivity index (χ2n) is 7.38. The van der Waals surface area contributed by atoms with Gasteiger partial charge >= 0.3 is 0 Å². The zero-order valence-electron chi connectivity index (χ0n) is 16.1. The molecule has 1 fully saturated rings. The molecule has 2 aromatic rings. The molecular formula is C22H25N3O3. The Morgan fingerprint density at radius 2 is 1.79 bits per heavy atom. The van der Waals surface area contributed by atoms with Crippen LogP contribution in [0, 0.1) is 6.92 Å². The van der Waals surface area contributed by atoms with Crippen LogP contribution < -0.4 is 10.1 Å². The number of fused-ring (bicyclic) bond motifs is 1. The topological polar surface area (TPSA) is 61.9 Å². The Hall–Kier alpha value is -2.86. The number of nitrogens with one attached hydrogen (secondary N) is 1. The van der Waals surface area contributed by atoms with E-state index < -0.39 is 6.10 Å². The van der Waals surface area contributed by atoms with Crippen LogP contribution >= 0.6 is 0 Å². The van der Waals surface area contributed by atoms with Crippen molar-refractivity contribution in [1.29, 1.82) is 0 Å². The fourth-order valence-electron chi connectivity index (χ4n) is 3.70. The first-order valence-corrected chi connectivity index (χ1v) is 9.71. The van der Waals surface area contributed by atoms with E-state index in [4.69, 9.17) is 4.74 Å². The van der Waals surface area contributed by atoms with Crippen LogP contribution in [0.5, 0.6) is 5.75 Å². The molecule has 0 unspecified atom stereocenters. The predicted octanol–water partition coefficient (Wildman–Crippen LogP) is 2.43. The lowest BCUT2D eigenvalue weighted by molar-refractivity contribution is -0.138. The number of rotatable bonds is 4. The highest BCUT2D eigenvalue weighted by atomic mass is 16.5. The summed E-state index contributed by atoms with van der Waals surface area (Å²) in [5, 5.41) is 2.81. The molecule has 2 aliphatic heterocycles. The number of anilines is 1. The average molecular weight is 379 g/mol. The number of carbonyl (C=O) groups excluding carboxylic acids is 2. The molecule has 2 aromatic carbocycles. The molecule has 1 N–H and O–H groups in total. The third-order valence-corrected chi connectivity index (χ3v) is 5.45. The van der Waals surface area contributed by atoms with E-state index in [2.05, 4.69) is 41.4 Å². The molecule has 4 rings (SSSR count). The summed E-state index contributed by atoms with van der Waals surface area (Å²) in [7, 11) is 0. The number of amides is 2. The minimum Gasteiger partial charge on any atom is -0.478 e. The highest BCUT2D eigenvalue weighted by molar-refractivity contribution is 5.99. The number of carbonyl (C=O) groups is 2. The van der Waals surface area contributed by atoms with Gasteiger partial charge in [-0.05, 0) is 30.2 Å². The van der Waals surface area contributed by atoms with Crippen LogP contribution in [0.25, 0.3) is 0 Å². The van der Waals surface area contributed by atoms with Crippen LogP contribution in [-0.4, -0.2) is 53.9 Å². The van der Waals surface area contributed by atoms with Crippen molar-refractivity contribution in [2.24, 2.45) is 0 Å². The maximum absolute atomic E-state index is 12.7. The summed E-state index contributed by atoms with van der Waals surface area (Å²) in [6.45, 7) is 6.05. The average Bonchev–Trinajstić information content (AvgIpc) is 2.71. The molecule has 146 valence electrons. The number of nitrogens with zero attached hydrogens (tertiary/aromatic N) is 2. The van der Waals surface area contributed by atoms with Gasteiger partial charge in [0, 0.05) is 32.7 Å². The highest BCUT2D eigenvalue weighted by Crippen LogP contribution is 2.29. The third kappa shape index (κ3) is 4.02. The molecule has 1 atom stereocenters. The summed E-state index contributed by atoms with van der Waals surface area (Å²) < 4.78 is 5.75. The minimum atomic E-state index is -0.771. The van der Waals surface area contributed by atoms with Gasteiger partial charge in [-0.2, -0.15) is 0 Å². The quantitative estimate of drug-likeness (QED) is 0.886. The van der Waals surface area contributed by atoms with E-state index >= 15 is 0 Å². The molecule has 0 saturated carbocycles. The summed E-state index contributed by atoms with van der Waals surface area (Å²) in [6.07, 6.45) is -0.704. The molecule has 2 aliphatic rings. The molecular weight excluding hydrogens is 354 g/mol. The first kappa shape index (κ1) is 18.5. The van der Waals surface area contributed by atoms with Crippen LogP contribution in [0.4, 0.5) is 5.69 Å². The van der Waals surface area contributed by atoms with Crippen molar-refractivity contribution < 1.29 is 14.3 Å². The van der Waals surface area contributed by atoms with Gasteiger partial charge in [-0.25, -0.2) is 0 Å². The summed E-state index contributed by atoms with van der Waals surface area (Å²) in [5.41, 5.74) is 3.27. The minimum absolute atomic E-state index is 0.0323. The van der Waals surface area contributed by atoms with Crippen LogP contribution in [0.15, 0.2) is 48.5 Å². The normalized spacial score (nSPS) is 19.5. The Bertz CT molecular complexity index is 875.